The third-order valence-electron chi connectivity index (χ3n) is 3.17. The van der Waals surface area contributed by atoms with Gasteiger partial charge in [0.2, 0.25) is 5.91 Å². The van der Waals surface area contributed by atoms with Crippen LogP contribution in [0.2, 0.25) is 0 Å². The number of hydrogen-bond donors (Lipinski definition) is 3. The predicted octanol–water partition coefficient (Wildman–Crippen LogP) is 3.24. The van der Waals surface area contributed by atoms with Crippen LogP contribution >= 0.6 is 11.3 Å². The molecule has 1 heterocycles. The molecular formula is C15H19N3OS. The summed E-state index contributed by atoms with van der Waals surface area (Å²) in [6, 6.07) is 9.32. The maximum Gasteiger partial charge on any atom is 0.248 e. The lowest BCUT2D eigenvalue weighted by Gasteiger charge is -2.23. The lowest BCUT2D eigenvalue weighted by Crippen LogP contribution is -2.17. The van der Waals surface area contributed by atoms with E-state index in [0.717, 1.165) is 5.69 Å². The first-order chi connectivity index (χ1) is 9.49. The van der Waals surface area contributed by atoms with E-state index in [-0.39, 0.29) is 6.04 Å². The minimum atomic E-state index is -0.453. The molecule has 0 aliphatic heterocycles. The average Bonchev–Trinajstić information content (AvgIpc) is 2.90. The lowest BCUT2D eigenvalue weighted by molar-refractivity contribution is 0.100. The van der Waals surface area contributed by atoms with Gasteiger partial charge in [0.15, 0.2) is 0 Å². The van der Waals surface area contributed by atoms with Gasteiger partial charge < -0.3 is 16.8 Å². The third kappa shape index (κ3) is 3.11. The number of rotatable bonds is 5. The molecule has 5 heteroatoms. The molecule has 1 aromatic carbocycles. The van der Waals surface area contributed by atoms with E-state index in [9.17, 15) is 4.79 Å². The van der Waals surface area contributed by atoms with Crippen molar-refractivity contribution in [2.75, 3.05) is 11.1 Å². The van der Waals surface area contributed by atoms with Crippen molar-refractivity contribution in [2.45, 2.75) is 19.9 Å². The fourth-order valence-corrected chi connectivity index (χ4v) is 2.99. The molecule has 2 rings (SSSR count). The third-order valence-corrected chi connectivity index (χ3v) is 4.12. The SMILES string of the molecule is CC(C)C(Nc1cc(C(N)=O)ccc1N)c1cccs1. The highest BCUT2D eigenvalue weighted by Crippen LogP contribution is 2.32. The molecule has 1 atom stereocenters. The van der Waals surface area contributed by atoms with E-state index < -0.39 is 5.91 Å². The number of benzene rings is 1. The summed E-state index contributed by atoms with van der Waals surface area (Å²) in [5.74, 6) is -0.0597. The predicted molar refractivity (Wildman–Crippen MR) is 84.9 cm³/mol. The van der Waals surface area contributed by atoms with Crippen LogP contribution in [0.3, 0.4) is 0 Å². The summed E-state index contributed by atoms with van der Waals surface area (Å²) < 4.78 is 0. The lowest BCUT2D eigenvalue weighted by atomic mass is 10.0. The van der Waals surface area contributed by atoms with Gasteiger partial charge in [-0.3, -0.25) is 4.79 Å². The van der Waals surface area contributed by atoms with Crippen molar-refractivity contribution in [1.29, 1.82) is 0 Å². The molecule has 5 N–H and O–H groups in total. The molecule has 0 bridgehead atoms. The molecule has 2 aromatic rings. The smallest absolute Gasteiger partial charge is 0.248 e. The Morgan fingerprint density at radius 2 is 2.05 bits per heavy atom. The van der Waals surface area contributed by atoms with Crippen molar-refractivity contribution in [3.63, 3.8) is 0 Å². The van der Waals surface area contributed by atoms with E-state index in [4.69, 9.17) is 11.5 Å². The first-order valence-electron chi connectivity index (χ1n) is 6.48. The normalized spacial score (nSPS) is 12.3. The summed E-state index contributed by atoms with van der Waals surface area (Å²) in [5, 5.41) is 5.47. The van der Waals surface area contributed by atoms with E-state index in [1.165, 1.54) is 4.88 Å². The van der Waals surface area contributed by atoms with Crippen LogP contribution < -0.4 is 16.8 Å². The molecule has 0 radical (unpaired) electrons. The quantitative estimate of drug-likeness (QED) is 0.739. The van der Waals surface area contributed by atoms with Crippen LogP contribution in [-0.4, -0.2) is 5.91 Å². The maximum absolute atomic E-state index is 11.3. The van der Waals surface area contributed by atoms with Crippen molar-refractivity contribution in [3.05, 3.63) is 46.2 Å². The first kappa shape index (κ1) is 14.4. The van der Waals surface area contributed by atoms with Gasteiger partial charge in [0.05, 0.1) is 17.4 Å². The molecule has 0 aliphatic rings. The summed E-state index contributed by atoms with van der Waals surface area (Å²) in [4.78, 5) is 12.5. The monoisotopic (exact) mass is 289 g/mol. The highest BCUT2D eigenvalue weighted by Gasteiger charge is 2.18. The van der Waals surface area contributed by atoms with E-state index in [1.807, 2.05) is 6.07 Å². The van der Waals surface area contributed by atoms with Gasteiger partial charge in [0, 0.05) is 10.4 Å². The van der Waals surface area contributed by atoms with Crippen molar-refractivity contribution in [2.24, 2.45) is 11.7 Å². The highest BCUT2D eigenvalue weighted by atomic mass is 32.1. The molecule has 0 aliphatic carbocycles. The molecule has 0 saturated carbocycles. The largest absolute Gasteiger partial charge is 0.397 e. The Bertz CT molecular complexity index is 593. The zero-order valence-electron chi connectivity index (χ0n) is 11.6. The van der Waals surface area contributed by atoms with Crippen LogP contribution in [0.5, 0.6) is 0 Å². The highest BCUT2D eigenvalue weighted by molar-refractivity contribution is 7.10. The zero-order chi connectivity index (χ0) is 14.7. The van der Waals surface area contributed by atoms with Gasteiger partial charge in [-0.25, -0.2) is 0 Å². The summed E-state index contributed by atoms with van der Waals surface area (Å²) in [6.07, 6.45) is 0. The minimum absolute atomic E-state index is 0.153. The number of thiophene rings is 1. The maximum atomic E-state index is 11.3. The number of amides is 1. The Labute approximate surface area is 122 Å². The molecule has 1 amide bonds. The second-order valence-corrected chi connectivity index (χ2v) is 6.03. The number of nitrogens with one attached hydrogen (secondary N) is 1. The number of carbonyl (C=O) groups excluding carboxylic acids is 1. The molecule has 0 spiro atoms. The Morgan fingerprint density at radius 3 is 2.60 bits per heavy atom. The average molecular weight is 289 g/mol. The standard InChI is InChI=1S/C15H19N3OS/c1-9(2)14(13-4-3-7-20-13)18-12-8-10(15(17)19)5-6-11(12)16/h3-9,14,18H,16H2,1-2H3,(H2,17,19). The van der Waals surface area contributed by atoms with Gasteiger partial charge in [-0.15, -0.1) is 11.3 Å². The molecule has 106 valence electrons. The molecule has 4 nitrogen and oxygen atoms in total. The number of carbonyl (C=O) groups is 1. The van der Waals surface area contributed by atoms with E-state index >= 15 is 0 Å². The van der Waals surface area contributed by atoms with E-state index in [0.29, 0.717) is 17.2 Å². The van der Waals surface area contributed by atoms with Crippen molar-refractivity contribution in [3.8, 4) is 0 Å². The molecule has 1 unspecified atom stereocenters. The molecule has 1 aromatic heterocycles. The summed E-state index contributed by atoms with van der Waals surface area (Å²) in [5.41, 5.74) is 13.1. The number of nitrogen functional groups attached to an aromatic ring is 1. The van der Waals surface area contributed by atoms with Crippen LogP contribution in [0.15, 0.2) is 35.7 Å². The van der Waals surface area contributed by atoms with E-state index in [2.05, 4.69) is 30.6 Å². The van der Waals surface area contributed by atoms with Crippen LogP contribution in [0, 0.1) is 5.92 Å². The zero-order valence-corrected chi connectivity index (χ0v) is 12.4. The van der Waals surface area contributed by atoms with Crippen LogP contribution in [0.25, 0.3) is 0 Å². The molecular weight excluding hydrogens is 270 g/mol. The number of nitrogens with two attached hydrogens (primary N) is 2. The fourth-order valence-electron chi connectivity index (χ4n) is 2.04. The van der Waals surface area contributed by atoms with Crippen molar-refractivity contribution < 1.29 is 4.79 Å². The number of hydrogen-bond acceptors (Lipinski definition) is 4. The van der Waals surface area contributed by atoms with Gasteiger partial charge in [0.25, 0.3) is 0 Å². The first-order valence-corrected chi connectivity index (χ1v) is 7.36. The minimum Gasteiger partial charge on any atom is -0.397 e. The van der Waals surface area contributed by atoms with Crippen LogP contribution in [-0.2, 0) is 0 Å². The summed E-state index contributed by atoms with van der Waals surface area (Å²) >= 11 is 1.70. The Hall–Kier alpha value is -2.01. The molecule has 0 saturated heterocycles. The summed E-state index contributed by atoms with van der Waals surface area (Å²) in [7, 11) is 0. The summed E-state index contributed by atoms with van der Waals surface area (Å²) in [6.45, 7) is 4.29. The van der Waals surface area contributed by atoms with Gasteiger partial charge >= 0.3 is 0 Å². The van der Waals surface area contributed by atoms with Crippen LogP contribution in [0.1, 0.15) is 35.1 Å². The Kier molecular flexibility index (Phi) is 4.29. The van der Waals surface area contributed by atoms with Crippen LogP contribution in [0.4, 0.5) is 11.4 Å². The Balaban J connectivity index is 2.31. The van der Waals surface area contributed by atoms with Gasteiger partial charge in [-0.2, -0.15) is 0 Å². The topological polar surface area (TPSA) is 81.1 Å². The number of anilines is 2. The molecule has 0 fully saturated rings. The Morgan fingerprint density at radius 1 is 1.30 bits per heavy atom. The van der Waals surface area contributed by atoms with Gasteiger partial charge in [-0.05, 0) is 35.6 Å². The second kappa shape index (κ2) is 5.96. The van der Waals surface area contributed by atoms with Gasteiger partial charge in [0.1, 0.15) is 0 Å². The van der Waals surface area contributed by atoms with Crippen molar-refractivity contribution in [1.82, 2.24) is 0 Å². The second-order valence-electron chi connectivity index (χ2n) is 5.05. The number of primary amides is 1. The fraction of sp³-hybridized carbons (Fsp3) is 0.267. The van der Waals surface area contributed by atoms with E-state index in [1.54, 1.807) is 29.5 Å². The van der Waals surface area contributed by atoms with Gasteiger partial charge in [-0.1, -0.05) is 19.9 Å². The molecule has 20 heavy (non-hydrogen) atoms. The van der Waals surface area contributed by atoms with Crippen molar-refractivity contribution >= 4 is 28.6 Å².